The zero-order valence-corrected chi connectivity index (χ0v) is 13.7. The monoisotopic (exact) mass is 300 g/mol. The van der Waals surface area contributed by atoms with E-state index in [1.165, 1.54) is 37.7 Å². The molecule has 1 aliphatic carbocycles. The highest BCUT2D eigenvalue weighted by Gasteiger charge is 2.28. The molecule has 1 saturated heterocycles. The van der Waals surface area contributed by atoms with Crippen LogP contribution in [0, 0.1) is 0 Å². The number of hydrogen-bond donors (Lipinski definition) is 1. The number of amides is 1. The van der Waals surface area contributed by atoms with Gasteiger partial charge in [-0.05, 0) is 56.3 Å². The van der Waals surface area contributed by atoms with E-state index in [9.17, 15) is 4.79 Å². The van der Waals surface area contributed by atoms with Crippen LogP contribution < -0.4 is 5.32 Å². The van der Waals surface area contributed by atoms with Crippen molar-refractivity contribution in [1.29, 1.82) is 0 Å². The molecule has 2 aliphatic rings. The van der Waals surface area contributed by atoms with Crippen LogP contribution in [0.1, 0.15) is 66.8 Å². The van der Waals surface area contributed by atoms with Crippen LogP contribution in [0.3, 0.4) is 0 Å². The van der Waals surface area contributed by atoms with Crippen molar-refractivity contribution in [3.63, 3.8) is 0 Å². The Labute approximate surface area is 134 Å². The van der Waals surface area contributed by atoms with E-state index in [4.69, 9.17) is 0 Å². The first-order valence-corrected chi connectivity index (χ1v) is 8.85. The smallest absolute Gasteiger partial charge is 0.254 e. The Morgan fingerprint density at radius 1 is 1.09 bits per heavy atom. The summed E-state index contributed by atoms with van der Waals surface area (Å²) in [6, 6.07) is 8.82. The molecule has 120 valence electrons. The summed E-state index contributed by atoms with van der Waals surface area (Å²) >= 11 is 0. The average molecular weight is 300 g/mol. The Morgan fingerprint density at radius 2 is 1.82 bits per heavy atom. The lowest BCUT2D eigenvalue weighted by atomic mass is 9.84. The summed E-state index contributed by atoms with van der Waals surface area (Å²) in [4.78, 5) is 14.8. The minimum atomic E-state index is 0.202. The molecule has 1 amide bonds. The molecule has 1 heterocycles. The number of nitrogens with zero attached hydrogens (tertiary/aromatic N) is 1. The maximum absolute atomic E-state index is 12.7. The van der Waals surface area contributed by atoms with Crippen molar-refractivity contribution in [3.05, 3.63) is 35.4 Å². The van der Waals surface area contributed by atoms with Gasteiger partial charge in [-0.15, -0.1) is 0 Å². The van der Waals surface area contributed by atoms with Gasteiger partial charge in [0, 0.05) is 24.7 Å². The second kappa shape index (κ2) is 7.28. The molecule has 1 aliphatic heterocycles. The lowest BCUT2D eigenvalue weighted by Crippen LogP contribution is -2.40. The molecule has 2 fully saturated rings. The number of rotatable bonds is 4. The molecule has 1 N–H and O–H groups in total. The quantitative estimate of drug-likeness (QED) is 0.922. The summed E-state index contributed by atoms with van der Waals surface area (Å²) in [6.07, 6.45) is 8.95. The molecule has 0 radical (unpaired) electrons. The molecule has 1 unspecified atom stereocenters. The fraction of sp³-hybridized carbons (Fsp3) is 0.632. The lowest BCUT2D eigenvalue weighted by Gasteiger charge is -2.25. The van der Waals surface area contributed by atoms with Crippen molar-refractivity contribution in [2.45, 2.75) is 56.9 Å². The molecule has 1 atom stereocenters. The van der Waals surface area contributed by atoms with Crippen LogP contribution in [0.2, 0.25) is 0 Å². The van der Waals surface area contributed by atoms with E-state index in [2.05, 4.69) is 17.4 Å². The van der Waals surface area contributed by atoms with Crippen LogP contribution in [0.4, 0.5) is 0 Å². The fourth-order valence-corrected chi connectivity index (χ4v) is 4.05. The molecule has 0 spiro atoms. The third kappa shape index (κ3) is 3.35. The van der Waals surface area contributed by atoms with Gasteiger partial charge in [0.25, 0.3) is 5.91 Å². The van der Waals surface area contributed by atoms with E-state index in [1.807, 2.05) is 24.1 Å². The zero-order chi connectivity index (χ0) is 15.4. The fourth-order valence-electron chi connectivity index (χ4n) is 4.05. The van der Waals surface area contributed by atoms with Crippen LogP contribution in [0.15, 0.2) is 24.3 Å². The average Bonchev–Trinajstić information content (AvgIpc) is 3.04. The van der Waals surface area contributed by atoms with Gasteiger partial charge in [-0.2, -0.15) is 0 Å². The molecule has 1 aromatic carbocycles. The molecule has 22 heavy (non-hydrogen) atoms. The van der Waals surface area contributed by atoms with E-state index in [0.29, 0.717) is 12.0 Å². The molecule has 1 saturated carbocycles. The Hall–Kier alpha value is -1.35. The van der Waals surface area contributed by atoms with Crippen molar-refractivity contribution < 1.29 is 4.79 Å². The standard InChI is InChI=1S/C19H28N2O/c1-20-14-18-8-5-13-21(18)19(22)17-11-9-16(10-12-17)15-6-3-2-4-7-15/h9-12,15,18,20H,2-8,13-14H2,1H3. The molecule has 3 nitrogen and oxygen atoms in total. The van der Waals surface area contributed by atoms with Crippen LogP contribution >= 0.6 is 0 Å². The zero-order valence-electron chi connectivity index (χ0n) is 13.7. The van der Waals surface area contributed by atoms with Crippen molar-refractivity contribution in [1.82, 2.24) is 10.2 Å². The van der Waals surface area contributed by atoms with Crippen LogP contribution in [0.25, 0.3) is 0 Å². The highest BCUT2D eigenvalue weighted by Crippen LogP contribution is 2.32. The highest BCUT2D eigenvalue weighted by molar-refractivity contribution is 5.94. The van der Waals surface area contributed by atoms with Gasteiger partial charge in [0.15, 0.2) is 0 Å². The summed E-state index contributed by atoms with van der Waals surface area (Å²) in [5, 5.41) is 3.20. The SMILES string of the molecule is CNCC1CCCN1C(=O)c1ccc(C2CCCCC2)cc1. The summed E-state index contributed by atoms with van der Waals surface area (Å²) < 4.78 is 0. The number of nitrogens with one attached hydrogen (secondary N) is 1. The Balaban J connectivity index is 1.68. The van der Waals surface area contributed by atoms with Crippen molar-refractivity contribution >= 4 is 5.91 Å². The number of carbonyl (C=O) groups excluding carboxylic acids is 1. The third-order valence-electron chi connectivity index (χ3n) is 5.31. The number of hydrogen-bond acceptors (Lipinski definition) is 2. The van der Waals surface area contributed by atoms with Crippen molar-refractivity contribution in [3.8, 4) is 0 Å². The number of likely N-dealkylation sites (N-methyl/N-ethyl adjacent to an activating group) is 1. The lowest BCUT2D eigenvalue weighted by molar-refractivity contribution is 0.0737. The first kappa shape index (κ1) is 15.5. The summed E-state index contributed by atoms with van der Waals surface area (Å²) in [7, 11) is 1.96. The summed E-state index contributed by atoms with van der Waals surface area (Å²) in [5.74, 6) is 0.912. The number of benzene rings is 1. The van der Waals surface area contributed by atoms with Crippen LogP contribution in [-0.4, -0.2) is 37.0 Å². The van der Waals surface area contributed by atoms with Gasteiger partial charge in [0.1, 0.15) is 0 Å². The van der Waals surface area contributed by atoms with Gasteiger partial charge >= 0.3 is 0 Å². The van der Waals surface area contributed by atoms with Gasteiger partial charge in [-0.3, -0.25) is 4.79 Å². The molecule has 0 aromatic heterocycles. The summed E-state index contributed by atoms with van der Waals surface area (Å²) in [6.45, 7) is 1.79. The Kier molecular flexibility index (Phi) is 5.14. The Morgan fingerprint density at radius 3 is 2.50 bits per heavy atom. The minimum absolute atomic E-state index is 0.202. The molecule has 1 aromatic rings. The molecule has 3 heteroatoms. The first-order valence-electron chi connectivity index (χ1n) is 8.85. The van der Waals surface area contributed by atoms with Gasteiger partial charge in [0.2, 0.25) is 0 Å². The molecular formula is C19H28N2O. The largest absolute Gasteiger partial charge is 0.334 e. The second-order valence-electron chi connectivity index (χ2n) is 6.81. The summed E-state index contributed by atoms with van der Waals surface area (Å²) in [5.41, 5.74) is 2.27. The number of carbonyl (C=O) groups is 1. The minimum Gasteiger partial charge on any atom is -0.334 e. The number of likely N-dealkylation sites (tertiary alicyclic amines) is 1. The van der Waals surface area contributed by atoms with Crippen molar-refractivity contribution in [2.24, 2.45) is 0 Å². The van der Waals surface area contributed by atoms with E-state index in [1.54, 1.807) is 0 Å². The third-order valence-corrected chi connectivity index (χ3v) is 5.31. The van der Waals surface area contributed by atoms with Crippen molar-refractivity contribution in [2.75, 3.05) is 20.1 Å². The Bertz CT molecular complexity index is 491. The maximum Gasteiger partial charge on any atom is 0.254 e. The van der Waals surface area contributed by atoms with E-state index < -0.39 is 0 Å². The normalized spacial score (nSPS) is 23.0. The van der Waals surface area contributed by atoms with Gasteiger partial charge < -0.3 is 10.2 Å². The van der Waals surface area contributed by atoms with Crippen LogP contribution in [-0.2, 0) is 0 Å². The predicted octanol–water partition coefficient (Wildman–Crippen LogP) is 3.56. The highest BCUT2D eigenvalue weighted by atomic mass is 16.2. The second-order valence-corrected chi connectivity index (χ2v) is 6.81. The van der Waals surface area contributed by atoms with E-state index >= 15 is 0 Å². The molecule has 0 bridgehead atoms. The maximum atomic E-state index is 12.7. The van der Waals surface area contributed by atoms with Gasteiger partial charge in [0.05, 0.1) is 0 Å². The molecular weight excluding hydrogens is 272 g/mol. The topological polar surface area (TPSA) is 32.3 Å². The predicted molar refractivity (Wildman–Crippen MR) is 90.3 cm³/mol. The first-order chi connectivity index (χ1) is 10.8. The van der Waals surface area contributed by atoms with E-state index in [0.717, 1.165) is 31.5 Å². The van der Waals surface area contributed by atoms with Gasteiger partial charge in [-0.1, -0.05) is 31.4 Å². The van der Waals surface area contributed by atoms with E-state index in [-0.39, 0.29) is 5.91 Å². The molecule has 3 rings (SSSR count). The van der Waals surface area contributed by atoms with Crippen LogP contribution in [0.5, 0.6) is 0 Å². The van der Waals surface area contributed by atoms with Gasteiger partial charge in [-0.25, -0.2) is 0 Å².